The first-order valence-electron chi connectivity index (χ1n) is 7.69. The summed E-state index contributed by atoms with van der Waals surface area (Å²) in [5.41, 5.74) is -2.45. The molecular formula is C15H29O5P. The van der Waals surface area contributed by atoms with Gasteiger partial charge in [-0.15, -0.1) is 0 Å². The molecule has 0 rings (SSSR count). The summed E-state index contributed by atoms with van der Waals surface area (Å²) in [5, 5.41) is 27.7. The summed E-state index contributed by atoms with van der Waals surface area (Å²) >= 11 is 0. The number of aliphatic hydroxyl groups excluding tert-OH is 1. The highest BCUT2D eigenvalue weighted by atomic mass is 31.0. The Balaban J connectivity index is 4.91. The van der Waals surface area contributed by atoms with E-state index >= 15 is 0 Å². The van der Waals surface area contributed by atoms with Gasteiger partial charge in [0.15, 0.2) is 22.5 Å². The van der Waals surface area contributed by atoms with Gasteiger partial charge in [0.2, 0.25) is 0 Å². The monoisotopic (exact) mass is 320 g/mol. The standard InChI is InChI=1S/C15H29O5P/c1-3-5-7-9-12(17)14(19,11-16)15(20,21)13(18)10-8-6-4-2/h16,19-20H,3-11,21H2,1-2H3. The minimum absolute atomic E-state index is 0.0316. The Morgan fingerprint density at radius 3 is 1.71 bits per heavy atom. The zero-order valence-electron chi connectivity index (χ0n) is 13.1. The van der Waals surface area contributed by atoms with E-state index in [9.17, 15) is 24.9 Å². The smallest absolute Gasteiger partial charge is 0.185 e. The molecule has 0 aliphatic rings. The highest BCUT2D eigenvalue weighted by Gasteiger charge is 2.54. The second-order valence-corrected chi connectivity index (χ2v) is 6.38. The van der Waals surface area contributed by atoms with Crippen molar-refractivity contribution in [2.45, 2.75) is 76.2 Å². The minimum Gasteiger partial charge on any atom is -0.393 e. The van der Waals surface area contributed by atoms with Gasteiger partial charge in [-0.25, -0.2) is 0 Å². The number of carbonyl (C=O) groups is 2. The van der Waals surface area contributed by atoms with Crippen LogP contribution in [0.4, 0.5) is 0 Å². The highest BCUT2D eigenvalue weighted by Crippen LogP contribution is 2.34. The van der Waals surface area contributed by atoms with E-state index in [-0.39, 0.29) is 12.8 Å². The van der Waals surface area contributed by atoms with Crippen LogP contribution < -0.4 is 0 Å². The molecule has 124 valence electrons. The number of hydrogen-bond donors (Lipinski definition) is 3. The number of hydrogen-bond acceptors (Lipinski definition) is 5. The van der Waals surface area contributed by atoms with Crippen molar-refractivity contribution in [1.82, 2.24) is 0 Å². The van der Waals surface area contributed by atoms with Crippen molar-refractivity contribution >= 4 is 20.8 Å². The van der Waals surface area contributed by atoms with Crippen LogP contribution in [-0.2, 0) is 9.59 Å². The molecule has 6 heteroatoms. The number of rotatable bonds is 12. The molecule has 0 amide bonds. The van der Waals surface area contributed by atoms with E-state index in [1.807, 2.05) is 23.1 Å². The van der Waals surface area contributed by atoms with E-state index in [4.69, 9.17) is 0 Å². The van der Waals surface area contributed by atoms with Gasteiger partial charge in [0.25, 0.3) is 0 Å². The predicted molar refractivity (Wildman–Crippen MR) is 85.0 cm³/mol. The Hall–Kier alpha value is -0.350. The summed E-state index contributed by atoms with van der Waals surface area (Å²) in [4.78, 5) is 24.2. The summed E-state index contributed by atoms with van der Waals surface area (Å²) in [6.07, 6.45) is 4.71. The van der Waals surface area contributed by atoms with E-state index in [0.717, 1.165) is 25.7 Å². The van der Waals surface area contributed by atoms with Crippen LogP contribution >= 0.6 is 9.24 Å². The van der Waals surface area contributed by atoms with Crippen molar-refractivity contribution in [2.75, 3.05) is 6.61 Å². The van der Waals surface area contributed by atoms with Gasteiger partial charge < -0.3 is 15.3 Å². The first-order chi connectivity index (χ1) is 9.77. The van der Waals surface area contributed by atoms with Crippen LogP contribution in [0.15, 0.2) is 0 Å². The van der Waals surface area contributed by atoms with Gasteiger partial charge >= 0.3 is 0 Å². The third-order valence-electron chi connectivity index (χ3n) is 3.76. The molecule has 0 fully saturated rings. The number of unbranched alkanes of at least 4 members (excludes halogenated alkanes) is 4. The quantitative estimate of drug-likeness (QED) is 0.375. The number of Topliss-reactive ketones (excluding diaryl/α,β-unsaturated/α-hetero) is 2. The lowest BCUT2D eigenvalue weighted by molar-refractivity contribution is -0.172. The van der Waals surface area contributed by atoms with Crippen molar-refractivity contribution in [3.8, 4) is 0 Å². The van der Waals surface area contributed by atoms with E-state index < -0.39 is 29.1 Å². The van der Waals surface area contributed by atoms with Crippen LogP contribution in [0.1, 0.15) is 65.2 Å². The van der Waals surface area contributed by atoms with Crippen molar-refractivity contribution in [3.63, 3.8) is 0 Å². The van der Waals surface area contributed by atoms with E-state index in [1.54, 1.807) is 0 Å². The van der Waals surface area contributed by atoms with Gasteiger partial charge in [0.1, 0.15) is 0 Å². The van der Waals surface area contributed by atoms with Crippen LogP contribution in [-0.4, -0.2) is 44.4 Å². The van der Waals surface area contributed by atoms with Crippen LogP contribution in [0.5, 0.6) is 0 Å². The fraction of sp³-hybridized carbons (Fsp3) is 0.867. The predicted octanol–water partition coefficient (Wildman–Crippen LogP) is 1.57. The van der Waals surface area contributed by atoms with Crippen LogP contribution in [0.3, 0.4) is 0 Å². The molecule has 0 radical (unpaired) electrons. The Bertz CT molecular complexity index is 343. The Kier molecular flexibility index (Phi) is 9.46. The molecular weight excluding hydrogens is 291 g/mol. The van der Waals surface area contributed by atoms with Crippen LogP contribution in [0, 0.1) is 0 Å². The SMILES string of the molecule is CCCCCC(=O)C(O)(P)C(O)(CO)C(=O)CCCCC. The van der Waals surface area contributed by atoms with Gasteiger partial charge in [-0.2, -0.15) is 0 Å². The molecule has 0 aliphatic carbocycles. The Morgan fingerprint density at radius 2 is 1.33 bits per heavy atom. The maximum Gasteiger partial charge on any atom is 0.185 e. The zero-order chi connectivity index (χ0) is 16.5. The summed E-state index contributed by atoms with van der Waals surface area (Å²) < 4.78 is 0. The molecule has 0 aromatic heterocycles. The van der Waals surface area contributed by atoms with Crippen molar-refractivity contribution in [3.05, 3.63) is 0 Å². The molecule has 21 heavy (non-hydrogen) atoms. The van der Waals surface area contributed by atoms with Crippen molar-refractivity contribution in [1.29, 1.82) is 0 Å². The molecule has 3 unspecified atom stereocenters. The maximum absolute atomic E-state index is 12.1. The van der Waals surface area contributed by atoms with Crippen LogP contribution in [0.2, 0.25) is 0 Å². The highest BCUT2D eigenvalue weighted by molar-refractivity contribution is 7.21. The average molecular weight is 320 g/mol. The van der Waals surface area contributed by atoms with Crippen LogP contribution in [0.25, 0.3) is 0 Å². The molecule has 0 saturated heterocycles. The second kappa shape index (κ2) is 9.62. The van der Waals surface area contributed by atoms with Gasteiger partial charge in [0, 0.05) is 12.8 Å². The first-order valence-corrected chi connectivity index (χ1v) is 8.26. The lowest BCUT2D eigenvalue weighted by Gasteiger charge is -2.37. The summed E-state index contributed by atoms with van der Waals surface area (Å²) in [6.45, 7) is 2.99. The number of aliphatic hydroxyl groups is 3. The summed E-state index contributed by atoms with van der Waals surface area (Å²) in [7, 11) is 1.85. The molecule has 5 nitrogen and oxygen atoms in total. The Morgan fingerprint density at radius 1 is 0.905 bits per heavy atom. The maximum atomic E-state index is 12.1. The van der Waals surface area contributed by atoms with Gasteiger partial charge in [0.05, 0.1) is 6.61 Å². The summed E-state index contributed by atoms with van der Waals surface area (Å²) in [6, 6.07) is 0. The molecule has 0 saturated carbocycles. The third kappa shape index (κ3) is 5.41. The fourth-order valence-electron chi connectivity index (χ4n) is 2.12. The van der Waals surface area contributed by atoms with E-state index in [0.29, 0.717) is 12.8 Å². The van der Waals surface area contributed by atoms with Crippen molar-refractivity contribution < 1.29 is 24.9 Å². The molecule has 0 bridgehead atoms. The lowest BCUT2D eigenvalue weighted by Crippen LogP contribution is -2.62. The van der Waals surface area contributed by atoms with Gasteiger partial charge in [-0.1, -0.05) is 48.8 Å². The molecule has 0 aliphatic heterocycles. The molecule has 0 spiro atoms. The Labute approximate surface area is 129 Å². The fourth-order valence-corrected chi connectivity index (χ4v) is 2.52. The molecule has 0 heterocycles. The number of ketones is 2. The first kappa shape index (κ1) is 20.6. The van der Waals surface area contributed by atoms with E-state index in [1.165, 1.54) is 0 Å². The van der Waals surface area contributed by atoms with E-state index in [2.05, 4.69) is 0 Å². The van der Waals surface area contributed by atoms with Gasteiger partial charge in [-0.3, -0.25) is 9.59 Å². The lowest BCUT2D eigenvalue weighted by atomic mass is 9.85. The molecule has 3 atom stereocenters. The largest absolute Gasteiger partial charge is 0.393 e. The topological polar surface area (TPSA) is 94.8 Å². The molecule has 0 aromatic rings. The average Bonchev–Trinajstić information content (AvgIpc) is 2.46. The summed E-state index contributed by atoms with van der Waals surface area (Å²) in [5.74, 6) is -1.33. The van der Waals surface area contributed by atoms with Gasteiger partial charge in [-0.05, 0) is 12.8 Å². The van der Waals surface area contributed by atoms with Crippen molar-refractivity contribution in [2.24, 2.45) is 0 Å². The molecule has 0 aromatic carbocycles. The normalized spacial score (nSPS) is 17.0. The second-order valence-electron chi connectivity index (χ2n) is 5.55. The number of carbonyl (C=O) groups excluding carboxylic acids is 2. The molecule has 3 N–H and O–H groups in total. The zero-order valence-corrected chi connectivity index (χ0v) is 14.3. The minimum atomic E-state index is -2.45. The third-order valence-corrected chi connectivity index (χ3v) is 4.56.